The lowest BCUT2D eigenvalue weighted by Gasteiger charge is -2.32. The van der Waals surface area contributed by atoms with Gasteiger partial charge in [0.25, 0.3) is 0 Å². The van der Waals surface area contributed by atoms with E-state index in [4.69, 9.17) is 14.8 Å². The van der Waals surface area contributed by atoms with Gasteiger partial charge in [0.05, 0.1) is 28.5 Å². The number of fused-ring (bicyclic) bond motifs is 3. The average Bonchev–Trinajstić information content (AvgIpc) is 3.60. The molecule has 37 heavy (non-hydrogen) atoms. The Morgan fingerprint density at radius 2 is 1.86 bits per heavy atom. The van der Waals surface area contributed by atoms with Gasteiger partial charge in [-0.3, -0.25) is 9.67 Å². The maximum atomic E-state index is 11.2. The van der Waals surface area contributed by atoms with Crippen LogP contribution in [0.25, 0.3) is 33.3 Å². The molecule has 6 rings (SSSR count). The fraction of sp³-hybridized carbons (Fsp3) is 0.481. The Hall–Kier alpha value is -3.08. The molecule has 1 unspecified atom stereocenters. The fourth-order valence-corrected chi connectivity index (χ4v) is 6.92. The molecule has 1 N–H and O–H groups in total. The number of hydrogen-bond acceptors (Lipinski definition) is 7. The molecule has 0 bridgehead atoms. The number of nitrogens with zero attached hydrogens (tertiary/aromatic N) is 7. The normalized spacial score (nSPS) is 16.3. The van der Waals surface area contributed by atoms with Gasteiger partial charge in [0.15, 0.2) is 0 Å². The van der Waals surface area contributed by atoms with Gasteiger partial charge in [-0.1, -0.05) is 5.21 Å². The second-order valence-electron chi connectivity index (χ2n) is 10.8. The minimum atomic E-state index is -1.12. The number of hydrogen-bond donors (Lipinski definition) is 1. The van der Waals surface area contributed by atoms with Crippen LogP contribution in [0.5, 0.6) is 0 Å². The van der Waals surface area contributed by atoms with Crippen molar-refractivity contribution in [3.05, 3.63) is 45.5 Å². The summed E-state index contributed by atoms with van der Waals surface area (Å²) in [6, 6.07) is 4.57. The third kappa shape index (κ3) is 3.89. The van der Waals surface area contributed by atoms with E-state index >= 15 is 0 Å². The lowest BCUT2D eigenvalue weighted by Crippen LogP contribution is -2.27. The number of pyridine rings is 1. The van der Waals surface area contributed by atoms with Gasteiger partial charge in [0.1, 0.15) is 22.3 Å². The Balaban J connectivity index is 1.73. The Morgan fingerprint density at radius 3 is 2.49 bits per heavy atom. The molecular weight excluding hydrogens is 486 g/mol. The Labute approximate surface area is 219 Å². The summed E-state index contributed by atoms with van der Waals surface area (Å²) in [6.07, 6.45) is 3.84. The molecule has 10 heteroatoms. The first-order valence-corrected chi connectivity index (χ1v) is 13.6. The maximum absolute atomic E-state index is 11.2. The third-order valence-corrected chi connectivity index (χ3v) is 8.62. The van der Waals surface area contributed by atoms with Crippen LogP contribution in [0, 0.1) is 19.8 Å². The zero-order valence-electron chi connectivity index (χ0n) is 22.2. The van der Waals surface area contributed by atoms with Crippen molar-refractivity contribution >= 4 is 33.4 Å². The monoisotopic (exact) mass is 519 g/mol. The number of thiophene rings is 1. The van der Waals surface area contributed by atoms with E-state index in [1.54, 1.807) is 29.9 Å². The van der Waals surface area contributed by atoms with Crippen molar-refractivity contribution in [1.29, 1.82) is 0 Å². The van der Waals surface area contributed by atoms with Crippen LogP contribution < -0.4 is 0 Å². The summed E-state index contributed by atoms with van der Waals surface area (Å²) in [5.74, 6) is 0.379. The molecule has 0 radical (unpaired) electrons. The molecule has 1 fully saturated rings. The van der Waals surface area contributed by atoms with Crippen LogP contribution in [-0.4, -0.2) is 52.6 Å². The maximum Gasteiger partial charge on any atom is 0.118 e. The summed E-state index contributed by atoms with van der Waals surface area (Å²) >= 11 is 1.80. The molecule has 9 nitrogen and oxygen atoms in total. The number of ether oxygens (including phenoxy) is 1. The largest absolute Gasteiger partial charge is 0.384 e. The van der Waals surface area contributed by atoms with Crippen molar-refractivity contribution in [1.82, 2.24) is 34.3 Å². The molecule has 5 aromatic rings. The Bertz CT molecular complexity index is 1590. The minimum Gasteiger partial charge on any atom is -0.384 e. The average molecular weight is 520 g/mol. The van der Waals surface area contributed by atoms with Crippen LogP contribution >= 0.6 is 11.3 Å². The highest BCUT2D eigenvalue weighted by atomic mass is 32.1. The molecule has 1 aliphatic rings. The van der Waals surface area contributed by atoms with E-state index in [2.05, 4.69) is 39.3 Å². The molecule has 0 amide bonds. The number of rotatable bonds is 5. The second kappa shape index (κ2) is 8.75. The zero-order chi connectivity index (χ0) is 26.1. The first-order chi connectivity index (χ1) is 17.6. The van der Waals surface area contributed by atoms with Gasteiger partial charge < -0.3 is 14.4 Å². The van der Waals surface area contributed by atoms with Crippen molar-refractivity contribution in [3.63, 3.8) is 0 Å². The fourth-order valence-electron chi connectivity index (χ4n) is 5.84. The summed E-state index contributed by atoms with van der Waals surface area (Å²) in [7, 11) is 3.84. The Morgan fingerprint density at radius 1 is 1.11 bits per heavy atom. The van der Waals surface area contributed by atoms with E-state index in [1.807, 2.05) is 31.9 Å². The lowest BCUT2D eigenvalue weighted by molar-refractivity contribution is 0.0551. The molecule has 194 valence electrons. The molecule has 1 aliphatic heterocycles. The molecular formula is C27H33N7O2S. The van der Waals surface area contributed by atoms with Gasteiger partial charge in [-0.25, -0.2) is 4.68 Å². The smallest absolute Gasteiger partial charge is 0.118 e. The highest BCUT2D eigenvalue weighted by molar-refractivity contribution is 7.10. The van der Waals surface area contributed by atoms with Crippen molar-refractivity contribution in [2.75, 3.05) is 13.2 Å². The van der Waals surface area contributed by atoms with Crippen molar-refractivity contribution in [3.8, 4) is 11.3 Å². The number of aryl methyl sites for hydroxylation is 4. The van der Waals surface area contributed by atoms with Gasteiger partial charge in [-0.15, -0.1) is 16.4 Å². The molecule has 1 atom stereocenters. The molecule has 0 aliphatic carbocycles. The second-order valence-corrected chi connectivity index (χ2v) is 11.7. The van der Waals surface area contributed by atoms with E-state index in [0.29, 0.717) is 11.6 Å². The van der Waals surface area contributed by atoms with E-state index in [0.717, 1.165) is 65.1 Å². The van der Waals surface area contributed by atoms with Gasteiger partial charge in [0.2, 0.25) is 0 Å². The summed E-state index contributed by atoms with van der Waals surface area (Å²) in [4.78, 5) is 6.30. The van der Waals surface area contributed by atoms with Crippen molar-refractivity contribution in [2.24, 2.45) is 20.0 Å². The van der Waals surface area contributed by atoms with E-state index < -0.39 is 5.60 Å². The topological polar surface area (TPSA) is 95.8 Å². The van der Waals surface area contributed by atoms with Crippen LogP contribution in [0.3, 0.4) is 0 Å². The van der Waals surface area contributed by atoms with Gasteiger partial charge in [-0.2, -0.15) is 5.10 Å². The van der Waals surface area contributed by atoms with E-state index in [1.165, 1.54) is 10.4 Å². The third-order valence-electron chi connectivity index (χ3n) is 7.50. The predicted octanol–water partition coefficient (Wildman–Crippen LogP) is 4.64. The van der Waals surface area contributed by atoms with Gasteiger partial charge >= 0.3 is 0 Å². The molecule has 0 saturated carbocycles. The molecule has 1 saturated heterocycles. The van der Waals surface area contributed by atoms with Crippen LogP contribution in [0.15, 0.2) is 23.7 Å². The highest BCUT2D eigenvalue weighted by Gasteiger charge is 2.36. The number of aromatic nitrogens is 7. The molecule has 6 heterocycles. The zero-order valence-corrected chi connectivity index (χ0v) is 23.0. The lowest BCUT2D eigenvalue weighted by atomic mass is 9.89. The molecule has 0 spiro atoms. The van der Waals surface area contributed by atoms with Crippen molar-refractivity contribution in [2.45, 2.75) is 52.2 Å². The molecule has 0 aromatic carbocycles. The van der Waals surface area contributed by atoms with Crippen molar-refractivity contribution < 1.29 is 9.84 Å². The highest BCUT2D eigenvalue weighted by Crippen LogP contribution is 2.44. The van der Waals surface area contributed by atoms with Crippen LogP contribution in [0.4, 0.5) is 0 Å². The summed E-state index contributed by atoms with van der Waals surface area (Å²) < 4.78 is 11.8. The van der Waals surface area contributed by atoms with Crippen LogP contribution in [-0.2, 0) is 24.4 Å². The van der Waals surface area contributed by atoms with Crippen LogP contribution in [0.2, 0.25) is 0 Å². The molecule has 5 aromatic heterocycles. The van der Waals surface area contributed by atoms with E-state index in [-0.39, 0.29) is 6.04 Å². The standard InChI is InChI=1S/C27H33N7O2S/c1-15-11-20(37-14-15)23(17-7-9-36-10-8-17)34-19-12-18(22-16(2)29-31-33(22)6)13-28-21(19)24-25(34)26(27(3,4)35)30-32(24)5/h11-14,17,23,35H,7-10H2,1-6H3. The summed E-state index contributed by atoms with van der Waals surface area (Å²) in [5, 5.41) is 26.8. The quantitative estimate of drug-likeness (QED) is 0.363. The van der Waals surface area contributed by atoms with Gasteiger partial charge in [-0.05, 0) is 69.5 Å². The SMILES string of the molecule is Cc1csc(C(C2CCOCC2)n2c3cc(-c4c(C)nnn4C)cnc3c3c2c(C(C)(C)O)nn3C)c1. The van der Waals surface area contributed by atoms with E-state index in [9.17, 15) is 5.11 Å². The predicted molar refractivity (Wildman–Crippen MR) is 145 cm³/mol. The number of aliphatic hydroxyl groups is 1. The summed E-state index contributed by atoms with van der Waals surface area (Å²) in [6.45, 7) is 9.23. The Kier molecular flexibility index (Phi) is 5.74. The minimum absolute atomic E-state index is 0.0655. The van der Waals surface area contributed by atoms with Crippen LogP contribution in [0.1, 0.15) is 54.6 Å². The first kappa shape index (κ1) is 24.3. The summed E-state index contributed by atoms with van der Waals surface area (Å²) in [5.41, 5.74) is 7.34. The first-order valence-electron chi connectivity index (χ1n) is 12.7. The van der Waals surface area contributed by atoms with Gasteiger partial charge in [0, 0.05) is 43.9 Å².